The molecule has 3 aromatic carbocycles. The maximum atomic E-state index is 12.8. The molecule has 0 aliphatic carbocycles. The number of ketones is 1. The van der Waals surface area contributed by atoms with Crippen molar-refractivity contribution in [2.45, 2.75) is 0 Å². The molecule has 28 heavy (non-hydrogen) atoms. The molecule has 1 amide bonds. The number of anilines is 1. The number of aromatic amines is 1. The molecule has 5 heteroatoms. The number of benzene rings is 3. The summed E-state index contributed by atoms with van der Waals surface area (Å²) in [6.45, 7) is 0. The Balaban J connectivity index is 1.56. The number of rotatable bonds is 5. The predicted octanol–water partition coefficient (Wildman–Crippen LogP) is 4.56. The Kier molecular flexibility index (Phi) is 4.80. The first-order chi connectivity index (χ1) is 13.7. The Hall–Kier alpha value is -3.99. The van der Waals surface area contributed by atoms with E-state index in [1.54, 1.807) is 73.1 Å². The number of carbonyl (C=O) groups excluding carboxylic acids is 2. The van der Waals surface area contributed by atoms with Crippen LogP contribution in [0.3, 0.4) is 0 Å². The van der Waals surface area contributed by atoms with E-state index in [1.807, 2.05) is 18.2 Å². The van der Waals surface area contributed by atoms with Crippen LogP contribution in [0.5, 0.6) is 0 Å². The van der Waals surface area contributed by atoms with Crippen LogP contribution in [0.25, 0.3) is 11.4 Å². The van der Waals surface area contributed by atoms with Gasteiger partial charge in [0.15, 0.2) is 5.78 Å². The number of nitrogens with zero attached hydrogens (tertiary/aromatic N) is 1. The molecule has 0 aliphatic rings. The fourth-order valence-corrected chi connectivity index (χ4v) is 2.96. The number of H-pyrrole nitrogens is 1. The van der Waals surface area contributed by atoms with Gasteiger partial charge in [-0.05, 0) is 30.3 Å². The molecular weight excluding hydrogens is 350 g/mol. The van der Waals surface area contributed by atoms with Gasteiger partial charge >= 0.3 is 0 Å². The van der Waals surface area contributed by atoms with Crippen LogP contribution in [0.15, 0.2) is 91.3 Å². The number of aromatic nitrogens is 2. The molecule has 5 nitrogen and oxygen atoms in total. The van der Waals surface area contributed by atoms with Crippen LogP contribution in [0.1, 0.15) is 26.3 Å². The van der Waals surface area contributed by atoms with Gasteiger partial charge in [0.05, 0.1) is 5.56 Å². The number of carbonyl (C=O) groups is 2. The molecule has 0 spiro atoms. The van der Waals surface area contributed by atoms with Crippen LogP contribution in [0.4, 0.5) is 5.69 Å². The summed E-state index contributed by atoms with van der Waals surface area (Å²) in [5, 5.41) is 2.86. The first-order valence-electron chi connectivity index (χ1n) is 8.82. The number of amides is 1. The first-order valence-corrected chi connectivity index (χ1v) is 8.82. The van der Waals surface area contributed by atoms with Gasteiger partial charge in [0, 0.05) is 34.8 Å². The zero-order chi connectivity index (χ0) is 19.3. The second-order valence-corrected chi connectivity index (χ2v) is 6.21. The molecule has 2 N–H and O–H groups in total. The molecule has 0 bridgehead atoms. The SMILES string of the molecule is O=C(Nc1ccc(-c2ncc[nH]2)cc1)c1ccccc1C(=O)c1ccccc1. The number of imidazole rings is 1. The third-order valence-electron chi connectivity index (χ3n) is 4.37. The molecule has 0 radical (unpaired) electrons. The molecule has 0 aliphatic heterocycles. The highest BCUT2D eigenvalue weighted by Crippen LogP contribution is 2.20. The fraction of sp³-hybridized carbons (Fsp3) is 0. The first kappa shape index (κ1) is 17.4. The van der Waals surface area contributed by atoms with Crippen molar-refractivity contribution >= 4 is 17.4 Å². The van der Waals surface area contributed by atoms with Gasteiger partial charge in [-0.15, -0.1) is 0 Å². The van der Waals surface area contributed by atoms with E-state index in [4.69, 9.17) is 0 Å². The van der Waals surface area contributed by atoms with Gasteiger partial charge in [-0.2, -0.15) is 0 Å². The monoisotopic (exact) mass is 367 g/mol. The zero-order valence-electron chi connectivity index (χ0n) is 14.9. The molecule has 1 heterocycles. The molecule has 4 aromatic rings. The number of nitrogens with one attached hydrogen (secondary N) is 2. The van der Waals surface area contributed by atoms with E-state index in [2.05, 4.69) is 15.3 Å². The summed E-state index contributed by atoms with van der Waals surface area (Å²) < 4.78 is 0. The van der Waals surface area contributed by atoms with Crippen molar-refractivity contribution < 1.29 is 9.59 Å². The van der Waals surface area contributed by atoms with Crippen molar-refractivity contribution in [1.82, 2.24) is 9.97 Å². The van der Waals surface area contributed by atoms with E-state index < -0.39 is 0 Å². The molecular formula is C23H17N3O2. The minimum Gasteiger partial charge on any atom is -0.345 e. The average Bonchev–Trinajstić information content (AvgIpc) is 3.29. The Bertz CT molecular complexity index is 1100. The van der Waals surface area contributed by atoms with Crippen molar-refractivity contribution in [2.24, 2.45) is 0 Å². The summed E-state index contributed by atoms with van der Waals surface area (Å²) in [5.74, 6) is 0.252. The fourth-order valence-electron chi connectivity index (χ4n) is 2.96. The Morgan fingerprint density at radius 2 is 1.46 bits per heavy atom. The van der Waals surface area contributed by atoms with E-state index in [0.717, 1.165) is 11.4 Å². The van der Waals surface area contributed by atoms with Crippen molar-refractivity contribution in [3.8, 4) is 11.4 Å². The molecule has 0 unspecified atom stereocenters. The van der Waals surface area contributed by atoms with Gasteiger partial charge in [-0.25, -0.2) is 4.98 Å². The van der Waals surface area contributed by atoms with E-state index in [1.165, 1.54) is 0 Å². The van der Waals surface area contributed by atoms with Crippen molar-refractivity contribution in [3.63, 3.8) is 0 Å². The van der Waals surface area contributed by atoms with Crippen LogP contribution in [0, 0.1) is 0 Å². The Morgan fingerprint density at radius 1 is 0.786 bits per heavy atom. The summed E-state index contributed by atoms with van der Waals surface area (Å²) in [6.07, 6.45) is 3.44. The maximum Gasteiger partial charge on any atom is 0.256 e. The van der Waals surface area contributed by atoms with Crippen LogP contribution in [0.2, 0.25) is 0 Å². The van der Waals surface area contributed by atoms with Crippen molar-refractivity contribution in [3.05, 3.63) is 108 Å². The summed E-state index contributed by atoms with van der Waals surface area (Å²) in [5.41, 5.74) is 2.82. The highest BCUT2D eigenvalue weighted by atomic mass is 16.2. The second kappa shape index (κ2) is 7.72. The van der Waals surface area contributed by atoms with Gasteiger partial charge in [-0.3, -0.25) is 9.59 Å². The van der Waals surface area contributed by atoms with Crippen LogP contribution in [-0.2, 0) is 0 Å². The minimum atomic E-state index is -0.328. The van der Waals surface area contributed by atoms with Crippen LogP contribution >= 0.6 is 0 Å². The van der Waals surface area contributed by atoms with Gasteiger partial charge in [0.25, 0.3) is 5.91 Å². The molecule has 4 rings (SSSR count). The maximum absolute atomic E-state index is 12.8. The predicted molar refractivity (Wildman–Crippen MR) is 108 cm³/mol. The molecule has 0 saturated carbocycles. The minimum absolute atomic E-state index is 0.181. The highest BCUT2D eigenvalue weighted by molar-refractivity contribution is 6.17. The largest absolute Gasteiger partial charge is 0.345 e. The average molecular weight is 367 g/mol. The number of hydrogen-bond acceptors (Lipinski definition) is 3. The van der Waals surface area contributed by atoms with Gasteiger partial charge in [0.2, 0.25) is 0 Å². The lowest BCUT2D eigenvalue weighted by Gasteiger charge is -2.10. The summed E-state index contributed by atoms with van der Waals surface area (Å²) in [6, 6.07) is 23.1. The van der Waals surface area contributed by atoms with E-state index in [0.29, 0.717) is 22.4 Å². The third kappa shape index (κ3) is 3.59. The topological polar surface area (TPSA) is 74.8 Å². The normalized spacial score (nSPS) is 10.4. The quantitative estimate of drug-likeness (QED) is 0.508. The van der Waals surface area contributed by atoms with Gasteiger partial charge in [-0.1, -0.05) is 48.5 Å². The summed E-state index contributed by atoms with van der Waals surface area (Å²) in [7, 11) is 0. The lowest BCUT2D eigenvalue weighted by atomic mass is 9.98. The van der Waals surface area contributed by atoms with Crippen LogP contribution in [-0.4, -0.2) is 21.7 Å². The lowest BCUT2D eigenvalue weighted by molar-refractivity contribution is 0.0996. The third-order valence-corrected chi connectivity index (χ3v) is 4.37. The van der Waals surface area contributed by atoms with E-state index in [-0.39, 0.29) is 11.7 Å². The van der Waals surface area contributed by atoms with Crippen molar-refractivity contribution in [1.29, 1.82) is 0 Å². The molecule has 1 aromatic heterocycles. The summed E-state index contributed by atoms with van der Waals surface area (Å²) >= 11 is 0. The van der Waals surface area contributed by atoms with Crippen LogP contribution < -0.4 is 5.32 Å². The van der Waals surface area contributed by atoms with Gasteiger partial charge in [0.1, 0.15) is 5.82 Å². The Labute approximate surface area is 162 Å². The second-order valence-electron chi connectivity index (χ2n) is 6.21. The number of hydrogen-bond donors (Lipinski definition) is 2. The molecule has 0 fully saturated rings. The standard InChI is InChI=1S/C23H17N3O2/c27-21(16-6-2-1-3-7-16)19-8-4-5-9-20(19)23(28)26-18-12-10-17(11-13-18)22-24-14-15-25-22/h1-15H,(H,24,25)(H,26,28). The lowest BCUT2D eigenvalue weighted by Crippen LogP contribution is -2.16. The van der Waals surface area contributed by atoms with E-state index in [9.17, 15) is 9.59 Å². The molecule has 0 atom stereocenters. The zero-order valence-corrected chi connectivity index (χ0v) is 14.9. The molecule has 0 saturated heterocycles. The molecule has 136 valence electrons. The van der Waals surface area contributed by atoms with E-state index >= 15 is 0 Å². The summed E-state index contributed by atoms with van der Waals surface area (Å²) in [4.78, 5) is 32.9. The highest BCUT2D eigenvalue weighted by Gasteiger charge is 2.18. The van der Waals surface area contributed by atoms with Gasteiger partial charge < -0.3 is 10.3 Å². The van der Waals surface area contributed by atoms with Crippen molar-refractivity contribution in [2.75, 3.05) is 5.32 Å². The smallest absolute Gasteiger partial charge is 0.256 e. The Morgan fingerprint density at radius 3 is 2.14 bits per heavy atom.